The first kappa shape index (κ1) is 22.9. The predicted octanol–water partition coefficient (Wildman–Crippen LogP) is 5.74. The quantitative estimate of drug-likeness (QED) is 0.310. The Labute approximate surface area is 195 Å². The smallest absolute Gasteiger partial charge is 0.338 e. The zero-order valence-electron chi connectivity index (χ0n) is 19.4. The molecular formula is C28H30O5. The van der Waals surface area contributed by atoms with E-state index in [2.05, 4.69) is 0 Å². The molecule has 0 aromatic heterocycles. The predicted molar refractivity (Wildman–Crippen MR) is 127 cm³/mol. The fourth-order valence-corrected chi connectivity index (χ4v) is 3.42. The highest BCUT2D eigenvalue weighted by Gasteiger charge is 2.28. The van der Waals surface area contributed by atoms with Gasteiger partial charge >= 0.3 is 5.97 Å². The maximum absolute atomic E-state index is 12.9. The lowest BCUT2D eigenvalue weighted by molar-refractivity contribution is 0.00685. The number of rotatable bonds is 9. The van der Waals surface area contributed by atoms with Crippen molar-refractivity contribution in [3.63, 3.8) is 0 Å². The number of epoxide rings is 1. The van der Waals surface area contributed by atoms with Gasteiger partial charge in [-0.05, 0) is 44.0 Å². The van der Waals surface area contributed by atoms with Gasteiger partial charge < -0.3 is 18.9 Å². The molecule has 1 saturated heterocycles. The van der Waals surface area contributed by atoms with E-state index >= 15 is 0 Å². The van der Waals surface area contributed by atoms with E-state index in [1.807, 2.05) is 81.4 Å². The zero-order valence-corrected chi connectivity index (χ0v) is 19.4. The number of benzene rings is 3. The molecule has 172 valence electrons. The molecule has 33 heavy (non-hydrogen) atoms. The fourth-order valence-electron chi connectivity index (χ4n) is 3.42. The highest BCUT2D eigenvalue weighted by atomic mass is 16.6. The van der Waals surface area contributed by atoms with Crippen molar-refractivity contribution in [2.45, 2.75) is 52.1 Å². The van der Waals surface area contributed by atoms with Gasteiger partial charge in [-0.2, -0.15) is 0 Å². The summed E-state index contributed by atoms with van der Waals surface area (Å²) in [4.78, 5) is 12.9. The van der Waals surface area contributed by atoms with E-state index in [0.29, 0.717) is 43.3 Å². The van der Waals surface area contributed by atoms with E-state index < -0.39 is 11.6 Å². The lowest BCUT2D eigenvalue weighted by Gasteiger charge is -2.21. The molecule has 3 aromatic rings. The van der Waals surface area contributed by atoms with Crippen LogP contribution in [0.15, 0.2) is 72.8 Å². The molecular weight excluding hydrogens is 416 g/mol. The van der Waals surface area contributed by atoms with E-state index in [1.54, 1.807) is 12.1 Å². The second kappa shape index (κ2) is 10.1. The summed E-state index contributed by atoms with van der Waals surface area (Å²) in [6, 6.07) is 23.4. The molecule has 1 fully saturated rings. The van der Waals surface area contributed by atoms with Crippen LogP contribution in [0, 0.1) is 0 Å². The molecule has 4 rings (SSSR count). The van der Waals surface area contributed by atoms with Crippen LogP contribution in [0.5, 0.6) is 11.5 Å². The molecule has 1 aliphatic heterocycles. The number of carbonyl (C=O) groups excluding carboxylic acids is 1. The van der Waals surface area contributed by atoms with Gasteiger partial charge in [0.1, 0.15) is 30.3 Å². The highest BCUT2D eigenvalue weighted by molar-refractivity contribution is 5.91. The maximum Gasteiger partial charge on any atom is 0.338 e. The summed E-state index contributed by atoms with van der Waals surface area (Å²) in [5, 5.41) is 0. The zero-order chi connectivity index (χ0) is 23.3. The third kappa shape index (κ3) is 6.83. The van der Waals surface area contributed by atoms with Gasteiger partial charge in [-0.1, -0.05) is 60.7 Å². The van der Waals surface area contributed by atoms with Crippen molar-refractivity contribution in [3.8, 4) is 11.5 Å². The normalized spacial score (nSPS) is 15.1. The van der Waals surface area contributed by atoms with Crippen molar-refractivity contribution in [3.05, 3.63) is 95.1 Å². The van der Waals surface area contributed by atoms with E-state index in [0.717, 1.165) is 16.7 Å². The Balaban J connectivity index is 1.66. The van der Waals surface area contributed by atoms with E-state index in [-0.39, 0.29) is 6.10 Å². The standard InChI is InChI=1S/C28H30O5/c1-28(2,3)33-27(29)22-14-25(31-17-20-10-6-4-7-11-20)24(16-23-19-30-23)26(15-22)32-18-21-12-8-5-9-13-21/h4-15,23H,16-19H2,1-3H3. The highest BCUT2D eigenvalue weighted by Crippen LogP contribution is 2.36. The van der Waals surface area contributed by atoms with Gasteiger partial charge in [0.25, 0.3) is 0 Å². The Morgan fingerprint density at radius 1 is 0.879 bits per heavy atom. The fraction of sp³-hybridized carbons (Fsp3) is 0.321. The van der Waals surface area contributed by atoms with Crippen LogP contribution in [-0.2, 0) is 29.1 Å². The second-order valence-corrected chi connectivity index (χ2v) is 9.16. The minimum atomic E-state index is -0.603. The van der Waals surface area contributed by atoms with Gasteiger partial charge in [-0.15, -0.1) is 0 Å². The average Bonchev–Trinajstić information content (AvgIpc) is 3.61. The lowest BCUT2D eigenvalue weighted by atomic mass is 10.0. The first-order chi connectivity index (χ1) is 15.9. The molecule has 0 bridgehead atoms. The molecule has 3 aromatic carbocycles. The van der Waals surface area contributed by atoms with Crippen LogP contribution < -0.4 is 9.47 Å². The maximum atomic E-state index is 12.9. The molecule has 1 unspecified atom stereocenters. The number of hydrogen-bond acceptors (Lipinski definition) is 5. The van der Waals surface area contributed by atoms with Crippen molar-refractivity contribution in [1.29, 1.82) is 0 Å². The van der Waals surface area contributed by atoms with Crippen LogP contribution >= 0.6 is 0 Å². The average molecular weight is 447 g/mol. The summed E-state index contributed by atoms with van der Waals surface area (Å²) < 4.78 is 23.6. The van der Waals surface area contributed by atoms with Gasteiger partial charge in [0.2, 0.25) is 0 Å². The van der Waals surface area contributed by atoms with Gasteiger partial charge in [0.15, 0.2) is 0 Å². The van der Waals surface area contributed by atoms with Crippen LogP contribution in [-0.4, -0.2) is 24.3 Å². The van der Waals surface area contributed by atoms with E-state index in [9.17, 15) is 4.79 Å². The van der Waals surface area contributed by atoms with Gasteiger partial charge in [0, 0.05) is 12.0 Å². The summed E-state index contributed by atoms with van der Waals surface area (Å²) in [7, 11) is 0. The van der Waals surface area contributed by atoms with E-state index in [4.69, 9.17) is 18.9 Å². The molecule has 0 aliphatic carbocycles. The molecule has 5 heteroatoms. The van der Waals surface area contributed by atoms with Crippen LogP contribution in [0.3, 0.4) is 0 Å². The molecule has 1 atom stereocenters. The molecule has 0 saturated carbocycles. The Morgan fingerprint density at radius 3 is 1.79 bits per heavy atom. The number of esters is 1. The van der Waals surface area contributed by atoms with Crippen molar-refractivity contribution in [2.24, 2.45) is 0 Å². The SMILES string of the molecule is CC(C)(C)OC(=O)c1cc(OCc2ccccc2)c(CC2CO2)c(OCc2ccccc2)c1. The van der Waals surface area contributed by atoms with Crippen molar-refractivity contribution in [1.82, 2.24) is 0 Å². The summed E-state index contributed by atoms with van der Waals surface area (Å²) in [6.45, 7) is 7.03. The van der Waals surface area contributed by atoms with Crippen molar-refractivity contribution < 1.29 is 23.7 Å². The van der Waals surface area contributed by atoms with Crippen LogP contribution in [0.2, 0.25) is 0 Å². The summed E-state index contributed by atoms with van der Waals surface area (Å²) in [6.07, 6.45) is 0.790. The minimum Gasteiger partial charge on any atom is -0.488 e. The van der Waals surface area contributed by atoms with Gasteiger partial charge in [0.05, 0.1) is 18.3 Å². The summed E-state index contributed by atoms with van der Waals surface area (Å²) >= 11 is 0. The van der Waals surface area contributed by atoms with Crippen LogP contribution in [0.1, 0.15) is 47.8 Å². The van der Waals surface area contributed by atoms with Gasteiger partial charge in [-0.3, -0.25) is 0 Å². The molecule has 0 radical (unpaired) electrons. The van der Waals surface area contributed by atoms with Crippen molar-refractivity contribution >= 4 is 5.97 Å². The van der Waals surface area contributed by atoms with Crippen LogP contribution in [0.25, 0.3) is 0 Å². The van der Waals surface area contributed by atoms with Crippen molar-refractivity contribution in [2.75, 3.05) is 6.61 Å². The molecule has 0 spiro atoms. The second-order valence-electron chi connectivity index (χ2n) is 9.16. The molecule has 1 heterocycles. The summed E-state index contributed by atoms with van der Waals surface area (Å²) in [5.41, 5.74) is 2.78. The first-order valence-electron chi connectivity index (χ1n) is 11.2. The minimum absolute atomic E-state index is 0.135. The third-order valence-electron chi connectivity index (χ3n) is 5.11. The van der Waals surface area contributed by atoms with Crippen LogP contribution in [0.4, 0.5) is 0 Å². The number of hydrogen-bond donors (Lipinski definition) is 0. The Morgan fingerprint density at radius 2 is 1.36 bits per heavy atom. The molecule has 0 N–H and O–H groups in total. The number of ether oxygens (including phenoxy) is 4. The van der Waals surface area contributed by atoms with E-state index in [1.165, 1.54) is 0 Å². The van der Waals surface area contributed by atoms with Gasteiger partial charge in [-0.25, -0.2) is 4.79 Å². The molecule has 5 nitrogen and oxygen atoms in total. The Kier molecular flexibility index (Phi) is 6.99. The topological polar surface area (TPSA) is 57.3 Å². The Hall–Kier alpha value is -3.31. The Bertz CT molecular complexity index is 1000. The lowest BCUT2D eigenvalue weighted by Crippen LogP contribution is -2.24. The number of carbonyl (C=O) groups is 1. The monoisotopic (exact) mass is 446 g/mol. The largest absolute Gasteiger partial charge is 0.488 e. The third-order valence-corrected chi connectivity index (χ3v) is 5.11. The first-order valence-corrected chi connectivity index (χ1v) is 11.2. The molecule has 0 amide bonds. The summed E-state index contributed by atoms with van der Waals surface area (Å²) in [5.74, 6) is 0.812. The molecule has 1 aliphatic rings.